The van der Waals surface area contributed by atoms with Crippen molar-refractivity contribution in [2.75, 3.05) is 11.9 Å². The first kappa shape index (κ1) is 23.2. The third kappa shape index (κ3) is 10.8. The number of esters is 1. The molecule has 0 bridgehead atoms. The number of carbonyl (C=O) groups is 2. The lowest BCUT2D eigenvalue weighted by Gasteiger charge is -2.11. The largest absolute Gasteiger partial charge is 0.462 e. The Kier molecular flexibility index (Phi) is 13.1. The summed E-state index contributed by atoms with van der Waals surface area (Å²) in [6, 6.07) is 7.05. The first-order valence-electron chi connectivity index (χ1n) is 10.7. The van der Waals surface area contributed by atoms with Crippen LogP contribution in [0.25, 0.3) is 0 Å². The van der Waals surface area contributed by atoms with Gasteiger partial charge in [-0.05, 0) is 25.0 Å². The summed E-state index contributed by atoms with van der Waals surface area (Å²) in [6.07, 6.45) is 13.4. The molecule has 1 aromatic carbocycles. The predicted molar refractivity (Wildman–Crippen MR) is 112 cm³/mol. The number of hydrogen-bond donors (Lipinski definition) is 1. The van der Waals surface area contributed by atoms with E-state index in [1.165, 1.54) is 44.9 Å². The number of nitrogens with one attached hydrogen (secondary N) is 1. The monoisotopic (exact) mass is 375 g/mol. The molecule has 0 radical (unpaired) electrons. The number of rotatable bonds is 15. The quantitative estimate of drug-likeness (QED) is 0.281. The number of benzene rings is 1. The van der Waals surface area contributed by atoms with E-state index in [0.717, 1.165) is 25.7 Å². The summed E-state index contributed by atoms with van der Waals surface area (Å²) in [7, 11) is 0. The molecule has 0 saturated heterocycles. The van der Waals surface area contributed by atoms with Crippen LogP contribution < -0.4 is 5.32 Å². The lowest BCUT2D eigenvalue weighted by atomic mass is 10.1. The Labute approximate surface area is 165 Å². The predicted octanol–water partition coefficient (Wildman–Crippen LogP) is 6.50. The second kappa shape index (κ2) is 15.2. The molecule has 1 aromatic rings. The number of anilines is 1. The number of ether oxygens (including phenoxy) is 1. The fourth-order valence-electron chi connectivity index (χ4n) is 2.97. The Morgan fingerprint density at radius 1 is 0.815 bits per heavy atom. The Hall–Kier alpha value is -1.84. The molecule has 0 saturated carbocycles. The highest BCUT2D eigenvalue weighted by Crippen LogP contribution is 2.17. The molecule has 4 nitrogen and oxygen atoms in total. The molecule has 0 spiro atoms. The van der Waals surface area contributed by atoms with Gasteiger partial charge in [0.05, 0.1) is 17.9 Å². The molecule has 1 amide bonds. The molecular formula is C23H37NO3. The summed E-state index contributed by atoms with van der Waals surface area (Å²) in [6.45, 7) is 4.70. The van der Waals surface area contributed by atoms with Crippen molar-refractivity contribution in [2.45, 2.75) is 90.9 Å². The lowest BCUT2D eigenvalue weighted by Crippen LogP contribution is -2.15. The molecule has 0 aliphatic rings. The van der Waals surface area contributed by atoms with E-state index >= 15 is 0 Å². The van der Waals surface area contributed by atoms with Gasteiger partial charge < -0.3 is 10.1 Å². The zero-order chi connectivity index (χ0) is 19.7. The van der Waals surface area contributed by atoms with Gasteiger partial charge in [0.15, 0.2) is 0 Å². The fourth-order valence-corrected chi connectivity index (χ4v) is 2.97. The molecule has 1 N–H and O–H groups in total. The van der Waals surface area contributed by atoms with Gasteiger partial charge in [0.1, 0.15) is 0 Å². The minimum absolute atomic E-state index is 0.0354. The normalized spacial score (nSPS) is 10.6. The van der Waals surface area contributed by atoms with Crippen molar-refractivity contribution in [2.24, 2.45) is 0 Å². The number of carbonyl (C=O) groups excluding carboxylic acids is 2. The van der Waals surface area contributed by atoms with Crippen LogP contribution in [-0.4, -0.2) is 18.5 Å². The average Bonchev–Trinajstić information content (AvgIpc) is 2.67. The molecule has 152 valence electrons. The summed E-state index contributed by atoms with van der Waals surface area (Å²) in [4.78, 5) is 24.4. The third-order valence-electron chi connectivity index (χ3n) is 4.66. The summed E-state index contributed by atoms with van der Waals surface area (Å²) in [5.41, 5.74) is 0.967. The Morgan fingerprint density at radius 3 is 2.07 bits per heavy atom. The fraction of sp³-hybridized carbons (Fsp3) is 0.652. The van der Waals surface area contributed by atoms with Crippen molar-refractivity contribution in [3.63, 3.8) is 0 Å². The maximum atomic E-state index is 12.2. The molecule has 0 aromatic heterocycles. The van der Waals surface area contributed by atoms with Crippen LogP contribution in [0.1, 0.15) is 101 Å². The first-order valence-corrected chi connectivity index (χ1v) is 10.7. The Balaban J connectivity index is 2.27. The molecular weight excluding hydrogens is 338 g/mol. The van der Waals surface area contributed by atoms with Crippen molar-refractivity contribution in [1.82, 2.24) is 0 Å². The zero-order valence-electron chi connectivity index (χ0n) is 17.2. The van der Waals surface area contributed by atoms with E-state index in [-0.39, 0.29) is 11.9 Å². The van der Waals surface area contributed by atoms with E-state index in [4.69, 9.17) is 4.74 Å². The lowest BCUT2D eigenvalue weighted by molar-refractivity contribution is -0.116. The molecule has 27 heavy (non-hydrogen) atoms. The van der Waals surface area contributed by atoms with Gasteiger partial charge in [-0.25, -0.2) is 4.79 Å². The maximum absolute atomic E-state index is 12.2. The van der Waals surface area contributed by atoms with Gasteiger partial charge in [-0.3, -0.25) is 4.79 Å². The summed E-state index contributed by atoms with van der Waals surface area (Å²) in [5, 5.41) is 2.87. The molecule has 0 unspecified atom stereocenters. The molecule has 0 aliphatic heterocycles. The van der Waals surface area contributed by atoms with Crippen molar-refractivity contribution in [3.05, 3.63) is 29.8 Å². The standard InChI is InChI=1S/C23H37NO3/c1-3-5-7-8-9-10-11-12-13-18-22(25)24-21-17-15-14-16-20(21)23(26)27-19-6-4-2/h14-17H,3-13,18-19H2,1-2H3,(H,24,25). The van der Waals surface area contributed by atoms with Gasteiger partial charge in [0.2, 0.25) is 5.91 Å². The summed E-state index contributed by atoms with van der Waals surface area (Å²) < 4.78 is 5.26. The van der Waals surface area contributed by atoms with E-state index in [1.54, 1.807) is 18.2 Å². The van der Waals surface area contributed by atoms with Crippen LogP contribution in [0.2, 0.25) is 0 Å². The smallest absolute Gasteiger partial charge is 0.340 e. The molecule has 4 heteroatoms. The van der Waals surface area contributed by atoms with Crippen LogP contribution in [0, 0.1) is 0 Å². The van der Waals surface area contributed by atoms with Crippen LogP contribution in [0.5, 0.6) is 0 Å². The van der Waals surface area contributed by atoms with Crippen LogP contribution in [-0.2, 0) is 9.53 Å². The SMILES string of the molecule is CCCCCCCCCCCC(=O)Nc1ccccc1C(=O)OCCCC. The Morgan fingerprint density at radius 2 is 1.41 bits per heavy atom. The highest BCUT2D eigenvalue weighted by atomic mass is 16.5. The molecule has 1 rings (SSSR count). The van der Waals surface area contributed by atoms with Gasteiger partial charge in [-0.2, -0.15) is 0 Å². The minimum Gasteiger partial charge on any atom is -0.462 e. The zero-order valence-corrected chi connectivity index (χ0v) is 17.2. The van der Waals surface area contributed by atoms with E-state index < -0.39 is 0 Å². The van der Waals surface area contributed by atoms with Crippen molar-refractivity contribution in [1.29, 1.82) is 0 Å². The van der Waals surface area contributed by atoms with Crippen molar-refractivity contribution < 1.29 is 14.3 Å². The van der Waals surface area contributed by atoms with Crippen molar-refractivity contribution >= 4 is 17.6 Å². The highest BCUT2D eigenvalue weighted by molar-refractivity contribution is 6.01. The van der Waals surface area contributed by atoms with Gasteiger partial charge in [0, 0.05) is 6.42 Å². The van der Waals surface area contributed by atoms with E-state index in [1.807, 2.05) is 6.07 Å². The van der Waals surface area contributed by atoms with Gasteiger partial charge in [0.25, 0.3) is 0 Å². The third-order valence-corrected chi connectivity index (χ3v) is 4.66. The molecule has 0 aliphatic carbocycles. The van der Waals surface area contributed by atoms with E-state index in [2.05, 4.69) is 19.2 Å². The number of unbranched alkanes of at least 4 members (excludes halogenated alkanes) is 9. The topological polar surface area (TPSA) is 55.4 Å². The summed E-state index contributed by atoms with van der Waals surface area (Å²) in [5.74, 6) is -0.408. The van der Waals surface area contributed by atoms with Gasteiger partial charge >= 0.3 is 5.97 Å². The van der Waals surface area contributed by atoms with Gasteiger partial charge in [-0.1, -0.05) is 83.8 Å². The Bertz CT molecular complexity index is 542. The second-order valence-corrected chi connectivity index (χ2v) is 7.16. The van der Waals surface area contributed by atoms with Crippen molar-refractivity contribution in [3.8, 4) is 0 Å². The summed E-state index contributed by atoms with van der Waals surface area (Å²) >= 11 is 0. The number of amides is 1. The van der Waals surface area contributed by atoms with Crippen LogP contribution in [0.3, 0.4) is 0 Å². The van der Waals surface area contributed by atoms with E-state index in [9.17, 15) is 9.59 Å². The maximum Gasteiger partial charge on any atom is 0.340 e. The average molecular weight is 376 g/mol. The van der Waals surface area contributed by atoms with Crippen LogP contribution >= 0.6 is 0 Å². The molecule has 0 fully saturated rings. The first-order chi connectivity index (χ1) is 13.2. The van der Waals surface area contributed by atoms with E-state index in [0.29, 0.717) is 24.3 Å². The number of para-hydroxylation sites is 1. The molecule has 0 heterocycles. The van der Waals surface area contributed by atoms with Crippen LogP contribution in [0.4, 0.5) is 5.69 Å². The number of hydrogen-bond acceptors (Lipinski definition) is 3. The second-order valence-electron chi connectivity index (χ2n) is 7.16. The van der Waals surface area contributed by atoms with Gasteiger partial charge in [-0.15, -0.1) is 0 Å². The highest BCUT2D eigenvalue weighted by Gasteiger charge is 2.14. The minimum atomic E-state index is -0.373. The molecule has 0 atom stereocenters. The van der Waals surface area contributed by atoms with Crippen LogP contribution in [0.15, 0.2) is 24.3 Å².